The van der Waals surface area contributed by atoms with Gasteiger partial charge in [0, 0.05) is 6.08 Å². The topological polar surface area (TPSA) is 37.3 Å². The van der Waals surface area contributed by atoms with Crippen molar-refractivity contribution in [3.63, 3.8) is 0 Å². The molecule has 0 fully saturated rings. The zero-order valence-electron chi connectivity index (χ0n) is 8.51. The number of aliphatic carboxylic acids is 1. The first-order chi connectivity index (χ1) is 5.40. The fourth-order valence-electron chi connectivity index (χ4n) is 0.247. The van der Waals surface area contributed by atoms with Crippen LogP contribution in [0.1, 0.15) is 34.6 Å². The van der Waals surface area contributed by atoms with Gasteiger partial charge in [0.05, 0.1) is 0 Å². The van der Waals surface area contributed by atoms with Crippen LogP contribution in [0.2, 0.25) is 0 Å². The van der Waals surface area contributed by atoms with Gasteiger partial charge in [-0.2, -0.15) is 0 Å². The molecule has 70 valence electrons. The minimum atomic E-state index is -0.875. The summed E-state index contributed by atoms with van der Waals surface area (Å²) in [7, 11) is 0. The molecule has 1 N–H and O–H groups in total. The van der Waals surface area contributed by atoms with E-state index >= 15 is 0 Å². The van der Waals surface area contributed by atoms with Gasteiger partial charge in [-0.3, -0.25) is 0 Å². The summed E-state index contributed by atoms with van der Waals surface area (Å²) < 4.78 is 0. The first-order valence-corrected chi connectivity index (χ1v) is 3.87. The van der Waals surface area contributed by atoms with Crippen molar-refractivity contribution in [2.24, 2.45) is 0 Å². The summed E-state index contributed by atoms with van der Waals surface area (Å²) in [5.74, 6) is -0.875. The Bertz CT molecular complexity index is 180. The second-order valence-corrected chi connectivity index (χ2v) is 2.93. The fourth-order valence-corrected chi connectivity index (χ4v) is 0.247. The predicted octanol–water partition coefficient (Wildman–Crippen LogP) is 3.01. The SMILES string of the molecule is CC(C)=CC(=O)O.CC=C(C)C. The van der Waals surface area contributed by atoms with E-state index in [1.165, 1.54) is 11.6 Å². The van der Waals surface area contributed by atoms with E-state index in [1.54, 1.807) is 13.8 Å². The van der Waals surface area contributed by atoms with Crippen molar-refractivity contribution in [3.8, 4) is 0 Å². The monoisotopic (exact) mass is 170 g/mol. The van der Waals surface area contributed by atoms with Crippen LogP contribution in [0.25, 0.3) is 0 Å². The molecule has 0 aromatic carbocycles. The van der Waals surface area contributed by atoms with E-state index in [2.05, 4.69) is 19.9 Å². The van der Waals surface area contributed by atoms with E-state index in [1.807, 2.05) is 6.92 Å². The molecule has 2 heteroatoms. The molecule has 0 aliphatic rings. The third-order valence-corrected chi connectivity index (χ3v) is 0.990. The number of carbonyl (C=O) groups is 1. The van der Waals surface area contributed by atoms with E-state index in [9.17, 15) is 4.79 Å². The minimum absolute atomic E-state index is 0.813. The number of hydrogen-bond acceptors (Lipinski definition) is 1. The summed E-state index contributed by atoms with van der Waals surface area (Å²) in [6.07, 6.45) is 3.25. The third kappa shape index (κ3) is 23.1. The Morgan fingerprint density at radius 2 is 1.42 bits per heavy atom. The van der Waals surface area contributed by atoms with E-state index in [0.717, 1.165) is 5.57 Å². The van der Waals surface area contributed by atoms with Gasteiger partial charge in [-0.15, -0.1) is 0 Å². The maximum atomic E-state index is 9.73. The van der Waals surface area contributed by atoms with Crippen LogP contribution in [-0.4, -0.2) is 11.1 Å². The summed E-state index contributed by atoms with van der Waals surface area (Å²) in [4.78, 5) is 9.73. The van der Waals surface area contributed by atoms with Crippen molar-refractivity contribution >= 4 is 5.97 Å². The normalized spacial score (nSPS) is 7.42. The zero-order valence-corrected chi connectivity index (χ0v) is 8.51. The Morgan fingerprint density at radius 1 is 1.08 bits per heavy atom. The van der Waals surface area contributed by atoms with Gasteiger partial charge in [0.25, 0.3) is 0 Å². The van der Waals surface area contributed by atoms with Gasteiger partial charge < -0.3 is 5.11 Å². The highest BCUT2D eigenvalue weighted by Gasteiger charge is 1.83. The second-order valence-electron chi connectivity index (χ2n) is 2.93. The van der Waals surface area contributed by atoms with Crippen LogP contribution in [0, 0.1) is 0 Å². The third-order valence-electron chi connectivity index (χ3n) is 0.990. The number of carboxylic acid groups (broad SMARTS) is 1. The Morgan fingerprint density at radius 3 is 1.42 bits per heavy atom. The van der Waals surface area contributed by atoms with Gasteiger partial charge in [0.2, 0.25) is 0 Å². The predicted molar refractivity (Wildman–Crippen MR) is 52.2 cm³/mol. The van der Waals surface area contributed by atoms with Crippen LogP contribution in [0.5, 0.6) is 0 Å². The van der Waals surface area contributed by atoms with Crippen molar-refractivity contribution in [1.82, 2.24) is 0 Å². The van der Waals surface area contributed by atoms with Gasteiger partial charge in [-0.1, -0.05) is 17.2 Å². The Hall–Kier alpha value is -1.05. The van der Waals surface area contributed by atoms with Crippen LogP contribution < -0.4 is 0 Å². The molecule has 0 spiro atoms. The Labute approximate surface area is 74.6 Å². The van der Waals surface area contributed by atoms with E-state index < -0.39 is 5.97 Å². The molecule has 0 aliphatic heterocycles. The van der Waals surface area contributed by atoms with Gasteiger partial charge in [0.1, 0.15) is 0 Å². The first kappa shape index (κ1) is 13.5. The average molecular weight is 170 g/mol. The molecule has 0 aliphatic carbocycles. The van der Waals surface area contributed by atoms with Crippen molar-refractivity contribution in [3.05, 3.63) is 23.3 Å². The van der Waals surface area contributed by atoms with Gasteiger partial charge in [0.15, 0.2) is 0 Å². The number of allylic oxidation sites excluding steroid dienone is 3. The smallest absolute Gasteiger partial charge is 0.328 e. The average Bonchev–Trinajstić information content (AvgIpc) is 1.85. The van der Waals surface area contributed by atoms with E-state index in [4.69, 9.17) is 5.11 Å². The quantitative estimate of drug-likeness (QED) is 0.485. The molecule has 0 heterocycles. The molecule has 0 rings (SSSR count). The van der Waals surface area contributed by atoms with Crippen molar-refractivity contribution < 1.29 is 9.90 Å². The van der Waals surface area contributed by atoms with E-state index in [0.29, 0.717) is 0 Å². The number of rotatable bonds is 1. The highest BCUT2D eigenvalue weighted by molar-refractivity contribution is 5.80. The molecule has 0 aromatic rings. The van der Waals surface area contributed by atoms with Crippen molar-refractivity contribution in [2.45, 2.75) is 34.6 Å². The maximum absolute atomic E-state index is 9.73. The lowest BCUT2D eigenvalue weighted by Crippen LogP contribution is -1.86. The van der Waals surface area contributed by atoms with Crippen LogP contribution in [0.15, 0.2) is 23.3 Å². The van der Waals surface area contributed by atoms with Gasteiger partial charge in [-0.05, 0) is 34.6 Å². The largest absolute Gasteiger partial charge is 0.478 e. The molecule has 2 nitrogen and oxygen atoms in total. The van der Waals surface area contributed by atoms with Crippen molar-refractivity contribution in [2.75, 3.05) is 0 Å². The Kier molecular flexibility index (Phi) is 9.08. The highest BCUT2D eigenvalue weighted by Crippen LogP contribution is 1.85. The number of hydrogen-bond donors (Lipinski definition) is 1. The fraction of sp³-hybridized carbons (Fsp3) is 0.500. The van der Waals surface area contributed by atoms with Gasteiger partial charge in [-0.25, -0.2) is 4.79 Å². The van der Waals surface area contributed by atoms with Crippen LogP contribution in [0.3, 0.4) is 0 Å². The standard InChI is InChI=1S/C5H8O2.C5H10/c1-4(2)3-5(6)7;1-4-5(2)3/h3H,1-2H3,(H,6,7);4H,1-3H3. The molecule has 0 aromatic heterocycles. The van der Waals surface area contributed by atoms with Crippen LogP contribution >= 0.6 is 0 Å². The minimum Gasteiger partial charge on any atom is -0.478 e. The molecule has 0 saturated carbocycles. The van der Waals surface area contributed by atoms with Gasteiger partial charge >= 0.3 is 5.97 Å². The second kappa shape index (κ2) is 8.05. The lowest BCUT2D eigenvalue weighted by molar-refractivity contribution is -0.131. The first-order valence-electron chi connectivity index (χ1n) is 3.87. The summed E-state index contributed by atoms with van der Waals surface area (Å²) >= 11 is 0. The molecule has 0 bridgehead atoms. The van der Waals surface area contributed by atoms with Crippen LogP contribution in [-0.2, 0) is 4.79 Å². The molecule has 0 unspecified atom stereocenters. The summed E-state index contributed by atoms with van der Waals surface area (Å²) in [5.41, 5.74) is 2.19. The van der Waals surface area contributed by atoms with Crippen molar-refractivity contribution in [1.29, 1.82) is 0 Å². The van der Waals surface area contributed by atoms with E-state index in [-0.39, 0.29) is 0 Å². The molecular weight excluding hydrogens is 152 g/mol. The lowest BCUT2D eigenvalue weighted by atomic mass is 10.3. The summed E-state index contributed by atoms with van der Waals surface area (Å²) in [6, 6.07) is 0. The maximum Gasteiger partial charge on any atom is 0.328 e. The zero-order chi connectivity index (χ0) is 10.1. The molecule has 0 atom stereocenters. The highest BCUT2D eigenvalue weighted by atomic mass is 16.4. The molecule has 0 radical (unpaired) electrons. The van der Waals surface area contributed by atoms with Crippen LogP contribution in [0.4, 0.5) is 0 Å². The summed E-state index contributed by atoms with van der Waals surface area (Å²) in [6.45, 7) is 9.69. The lowest BCUT2D eigenvalue weighted by Gasteiger charge is -1.79. The summed E-state index contributed by atoms with van der Waals surface area (Å²) in [5, 5.41) is 8.01. The molecule has 0 amide bonds. The number of carboxylic acids is 1. The molecular formula is C10H18O2. The molecule has 0 saturated heterocycles. The Balaban J connectivity index is 0. The molecule has 12 heavy (non-hydrogen) atoms.